The van der Waals surface area contributed by atoms with Gasteiger partial charge in [0.05, 0.1) is 0 Å². The molecule has 0 aliphatic carbocycles. The van der Waals surface area contributed by atoms with Gasteiger partial charge in [0.15, 0.2) is 0 Å². The van der Waals surface area contributed by atoms with Crippen molar-refractivity contribution < 1.29 is 5.11 Å². The monoisotopic (exact) mass is 228 g/mol. The number of rotatable bonds is 7. The Labute approximate surface area is 100 Å². The van der Waals surface area contributed by atoms with Crippen molar-refractivity contribution in [3.63, 3.8) is 0 Å². The molecule has 96 valence electrons. The fourth-order valence-electron chi connectivity index (χ4n) is 2.36. The van der Waals surface area contributed by atoms with Gasteiger partial charge in [-0.1, -0.05) is 0 Å². The largest absolute Gasteiger partial charge is 0.396 e. The van der Waals surface area contributed by atoms with Gasteiger partial charge in [-0.15, -0.1) is 0 Å². The van der Waals surface area contributed by atoms with Crippen LogP contribution in [0.25, 0.3) is 0 Å². The van der Waals surface area contributed by atoms with Crippen LogP contribution in [0.2, 0.25) is 0 Å². The number of piperidine rings is 1. The molecule has 0 spiro atoms. The average molecular weight is 228 g/mol. The molecule has 0 saturated carbocycles. The summed E-state index contributed by atoms with van der Waals surface area (Å²) in [5, 5.41) is 8.71. The minimum absolute atomic E-state index is 0.336. The first-order valence-electron chi connectivity index (χ1n) is 6.70. The van der Waals surface area contributed by atoms with Gasteiger partial charge in [-0.3, -0.25) is 0 Å². The van der Waals surface area contributed by atoms with E-state index in [-0.39, 0.29) is 0 Å². The molecule has 0 aromatic rings. The zero-order valence-electron chi connectivity index (χ0n) is 11.0. The molecule has 1 heterocycles. The molecule has 16 heavy (non-hydrogen) atoms. The summed E-state index contributed by atoms with van der Waals surface area (Å²) in [5.41, 5.74) is 0. The molecule has 0 aromatic carbocycles. The van der Waals surface area contributed by atoms with Crippen molar-refractivity contribution in [2.24, 2.45) is 5.92 Å². The van der Waals surface area contributed by atoms with E-state index in [2.05, 4.69) is 23.9 Å². The summed E-state index contributed by atoms with van der Waals surface area (Å²) >= 11 is 0. The predicted molar refractivity (Wildman–Crippen MR) is 68.7 cm³/mol. The molecule has 0 bridgehead atoms. The van der Waals surface area contributed by atoms with Crippen LogP contribution in [0.1, 0.15) is 32.1 Å². The van der Waals surface area contributed by atoms with E-state index in [1.54, 1.807) is 0 Å². The first-order valence-corrected chi connectivity index (χ1v) is 6.70. The van der Waals surface area contributed by atoms with Gasteiger partial charge in [-0.05, 0) is 78.3 Å². The number of aliphatic hydroxyl groups excluding tert-OH is 1. The molecule has 0 atom stereocenters. The van der Waals surface area contributed by atoms with Gasteiger partial charge < -0.3 is 14.9 Å². The normalized spacial score (nSPS) is 19.5. The van der Waals surface area contributed by atoms with Crippen molar-refractivity contribution in [3.05, 3.63) is 0 Å². The number of unbranched alkanes of at least 4 members (excludes halogenated alkanes) is 1. The molecule has 0 radical (unpaired) electrons. The highest BCUT2D eigenvalue weighted by molar-refractivity contribution is 4.71. The van der Waals surface area contributed by atoms with Crippen molar-refractivity contribution in [1.82, 2.24) is 9.80 Å². The third kappa shape index (κ3) is 5.83. The van der Waals surface area contributed by atoms with Crippen LogP contribution in [0.15, 0.2) is 0 Å². The van der Waals surface area contributed by atoms with Gasteiger partial charge in [0, 0.05) is 6.61 Å². The van der Waals surface area contributed by atoms with Crippen LogP contribution in [0.4, 0.5) is 0 Å². The van der Waals surface area contributed by atoms with Gasteiger partial charge in [-0.2, -0.15) is 0 Å². The summed E-state index contributed by atoms with van der Waals surface area (Å²) in [5.74, 6) is 0.941. The summed E-state index contributed by atoms with van der Waals surface area (Å²) in [6, 6.07) is 0. The van der Waals surface area contributed by atoms with Crippen molar-refractivity contribution >= 4 is 0 Å². The SMILES string of the molecule is CN(CCCCO)CCC1CCN(C)CC1. The lowest BCUT2D eigenvalue weighted by atomic mass is 9.94. The van der Waals surface area contributed by atoms with E-state index in [4.69, 9.17) is 5.11 Å². The molecule has 3 nitrogen and oxygen atoms in total. The van der Waals surface area contributed by atoms with Crippen LogP contribution in [0, 0.1) is 5.92 Å². The Bertz CT molecular complexity index is 167. The zero-order valence-corrected chi connectivity index (χ0v) is 11.0. The second-order valence-corrected chi connectivity index (χ2v) is 5.27. The summed E-state index contributed by atoms with van der Waals surface area (Å²) in [6.45, 7) is 5.24. The van der Waals surface area contributed by atoms with Crippen LogP contribution in [-0.4, -0.2) is 61.8 Å². The molecule has 1 N–H and O–H groups in total. The van der Waals surface area contributed by atoms with Gasteiger partial charge in [0.1, 0.15) is 0 Å². The molecule has 0 amide bonds. The van der Waals surface area contributed by atoms with E-state index >= 15 is 0 Å². The number of likely N-dealkylation sites (tertiary alicyclic amines) is 1. The highest BCUT2D eigenvalue weighted by atomic mass is 16.2. The number of aliphatic hydroxyl groups is 1. The lowest BCUT2D eigenvalue weighted by Crippen LogP contribution is -2.32. The number of nitrogens with zero attached hydrogens (tertiary/aromatic N) is 2. The third-order valence-electron chi connectivity index (χ3n) is 3.71. The Hall–Kier alpha value is -0.120. The topological polar surface area (TPSA) is 26.7 Å². The lowest BCUT2D eigenvalue weighted by Gasteiger charge is -2.30. The lowest BCUT2D eigenvalue weighted by molar-refractivity contribution is 0.193. The third-order valence-corrected chi connectivity index (χ3v) is 3.71. The second-order valence-electron chi connectivity index (χ2n) is 5.27. The van der Waals surface area contributed by atoms with E-state index < -0.39 is 0 Å². The highest BCUT2D eigenvalue weighted by Gasteiger charge is 2.16. The number of hydrogen-bond donors (Lipinski definition) is 1. The smallest absolute Gasteiger partial charge is 0.0431 e. The fraction of sp³-hybridized carbons (Fsp3) is 1.00. The Morgan fingerprint density at radius 3 is 2.50 bits per heavy atom. The highest BCUT2D eigenvalue weighted by Crippen LogP contribution is 2.19. The van der Waals surface area contributed by atoms with Crippen LogP contribution in [0.3, 0.4) is 0 Å². The maximum absolute atomic E-state index is 8.71. The Balaban J connectivity index is 2.00. The maximum Gasteiger partial charge on any atom is 0.0431 e. The summed E-state index contributed by atoms with van der Waals surface area (Å²) in [6.07, 6.45) is 6.17. The van der Waals surface area contributed by atoms with Crippen molar-refractivity contribution in [1.29, 1.82) is 0 Å². The molecule has 1 saturated heterocycles. The van der Waals surface area contributed by atoms with Crippen molar-refractivity contribution in [2.45, 2.75) is 32.1 Å². The van der Waals surface area contributed by atoms with Gasteiger partial charge >= 0.3 is 0 Å². The van der Waals surface area contributed by atoms with E-state index in [9.17, 15) is 0 Å². The summed E-state index contributed by atoms with van der Waals surface area (Å²) in [7, 11) is 4.42. The average Bonchev–Trinajstić information content (AvgIpc) is 2.29. The van der Waals surface area contributed by atoms with Crippen molar-refractivity contribution in [3.8, 4) is 0 Å². The minimum Gasteiger partial charge on any atom is -0.396 e. The van der Waals surface area contributed by atoms with Crippen molar-refractivity contribution in [2.75, 3.05) is 46.9 Å². The Morgan fingerprint density at radius 2 is 1.88 bits per heavy atom. The first-order chi connectivity index (χ1) is 7.72. The molecule has 0 aromatic heterocycles. The predicted octanol–water partition coefficient (Wildman–Crippen LogP) is 1.42. The summed E-state index contributed by atoms with van der Waals surface area (Å²) in [4.78, 5) is 4.84. The molecular formula is C13H28N2O. The quantitative estimate of drug-likeness (QED) is 0.668. The molecule has 1 aliphatic rings. The van der Waals surface area contributed by atoms with Crippen LogP contribution in [0.5, 0.6) is 0 Å². The standard InChI is InChI=1S/C13H28N2O/c1-14(8-3-4-12-16)9-5-13-6-10-15(2)11-7-13/h13,16H,3-12H2,1-2H3. The second kappa shape index (κ2) is 8.04. The maximum atomic E-state index is 8.71. The molecule has 1 aliphatic heterocycles. The molecule has 0 unspecified atom stereocenters. The molecular weight excluding hydrogens is 200 g/mol. The van der Waals surface area contributed by atoms with E-state index in [0.29, 0.717) is 6.61 Å². The van der Waals surface area contributed by atoms with Crippen LogP contribution in [-0.2, 0) is 0 Å². The number of hydrogen-bond acceptors (Lipinski definition) is 3. The van der Waals surface area contributed by atoms with Gasteiger partial charge in [0.2, 0.25) is 0 Å². The fourth-order valence-corrected chi connectivity index (χ4v) is 2.36. The van der Waals surface area contributed by atoms with Gasteiger partial charge in [0.25, 0.3) is 0 Å². The van der Waals surface area contributed by atoms with Crippen LogP contribution >= 0.6 is 0 Å². The molecule has 1 rings (SSSR count). The molecule has 3 heteroatoms. The zero-order chi connectivity index (χ0) is 11.8. The van der Waals surface area contributed by atoms with E-state index in [0.717, 1.165) is 25.3 Å². The summed E-state index contributed by atoms with van der Waals surface area (Å²) < 4.78 is 0. The Kier molecular flexibility index (Phi) is 7.01. The van der Waals surface area contributed by atoms with Crippen LogP contribution < -0.4 is 0 Å². The van der Waals surface area contributed by atoms with E-state index in [1.807, 2.05) is 0 Å². The Morgan fingerprint density at radius 1 is 1.19 bits per heavy atom. The van der Waals surface area contributed by atoms with E-state index in [1.165, 1.54) is 38.9 Å². The first kappa shape index (κ1) is 13.9. The molecule has 1 fully saturated rings. The minimum atomic E-state index is 0.336. The van der Waals surface area contributed by atoms with Gasteiger partial charge in [-0.25, -0.2) is 0 Å².